The molecule has 0 saturated heterocycles. The molecule has 0 aromatic carbocycles. The minimum absolute atomic E-state index is 0.0722. The zero-order valence-corrected chi connectivity index (χ0v) is 23.5. The van der Waals surface area contributed by atoms with Crippen LogP contribution in [0.4, 0.5) is 0 Å². The van der Waals surface area contributed by atoms with Crippen LogP contribution in [0.3, 0.4) is 0 Å². The fourth-order valence-electron chi connectivity index (χ4n) is 3.87. The van der Waals surface area contributed by atoms with Gasteiger partial charge in [0.2, 0.25) is 0 Å². The van der Waals surface area contributed by atoms with Crippen LogP contribution in [0.1, 0.15) is 142 Å². The third-order valence-electron chi connectivity index (χ3n) is 6.22. The average Bonchev–Trinajstić information content (AvgIpc) is 2.88. The third kappa shape index (κ3) is 25.5. The summed E-state index contributed by atoms with van der Waals surface area (Å²) >= 11 is 0. The smallest absolute Gasteiger partial charge is 0.306 e. The SMILES string of the molecule is CCCC/C=C\CCCCCCCC(=O)OC[C@H](CO)OC(=O)CCCCCCC/C=C\CCCC. The Kier molecular flexibility index (Phi) is 26.7. The van der Waals surface area contributed by atoms with E-state index in [1.807, 2.05) is 0 Å². The van der Waals surface area contributed by atoms with E-state index in [0.717, 1.165) is 51.4 Å². The zero-order chi connectivity index (χ0) is 26.5. The summed E-state index contributed by atoms with van der Waals surface area (Å²) in [5.41, 5.74) is 0. The molecule has 0 aliphatic carbocycles. The molecule has 0 bridgehead atoms. The molecular formula is C31H56O5. The van der Waals surface area contributed by atoms with E-state index in [4.69, 9.17) is 9.47 Å². The zero-order valence-electron chi connectivity index (χ0n) is 23.5. The monoisotopic (exact) mass is 508 g/mol. The standard InChI is InChI=1S/C31H56O5/c1-3-5-7-9-11-13-15-17-19-21-23-25-30(33)35-28-29(27-32)36-31(34)26-24-22-20-18-16-14-12-10-8-6-4-2/h9-12,29,32H,3-8,13-28H2,1-2H3/b11-9-,12-10-/t29-/m0/s1. The molecule has 5 nitrogen and oxygen atoms in total. The van der Waals surface area contributed by atoms with Crippen molar-refractivity contribution in [3.05, 3.63) is 24.3 Å². The third-order valence-corrected chi connectivity index (χ3v) is 6.22. The van der Waals surface area contributed by atoms with Gasteiger partial charge in [-0.25, -0.2) is 0 Å². The van der Waals surface area contributed by atoms with Gasteiger partial charge in [0.25, 0.3) is 0 Å². The molecule has 0 fully saturated rings. The Morgan fingerprint density at radius 3 is 1.50 bits per heavy atom. The largest absolute Gasteiger partial charge is 0.462 e. The molecule has 0 saturated carbocycles. The van der Waals surface area contributed by atoms with Gasteiger partial charge in [0.05, 0.1) is 6.61 Å². The molecule has 210 valence electrons. The van der Waals surface area contributed by atoms with Crippen molar-refractivity contribution in [2.45, 2.75) is 148 Å². The van der Waals surface area contributed by atoms with Crippen LogP contribution < -0.4 is 0 Å². The predicted molar refractivity (Wildman–Crippen MR) is 150 cm³/mol. The van der Waals surface area contributed by atoms with Gasteiger partial charge in [0.1, 0.15) is 6.61 Å². The number of hydrogen-bond acceptors (Lipinski definition) is 5. The Bertz CT molecular complexity index is 555. The molecule has 5 heteroatoms. The molecule has 0 aliphatic rings. The van der Waals surface area contributed by atoms with Gasteiger partial charge >= 0.3 is 11.9 Å². The first-order chi connectivity index (χ1) is 17.6. The Labute approximate surface area is 222 Å². The van der Waals surface area contributed by atoms with Gasteiger partial charge in [0, 0.05) is 12.8 Å². The van der Waals surface area contributed by atoms with E-state index in [0.29, 0.717) is 12.8 Å². The molecule has 0 amide bonds. The van der Waals surface area contributed by atoms with E-state index >= 15 is 0 Å². The number of carbonyl (C=O) groups excluding carboxylic acids is 2. The van der Waals surface area contributed by atoms with Crippen molar-refractivity contribution in [2.75, 3.05) is 13.2 Å². The molecule has 0 rings (SSSR count). The molecule has 0 spiro atoms. The van der Waals surface area contributed by atoms with E-state index in [-0.39, 0.29) is 25.2 Å². The fraction of sp³-hybridized carbons (Fsp3) is 0.806. The van der Waals surface area contributed by atoms with Gasteiger partial charge in [-0.3, -0.25) is 9.59 Å². The number of aliphatic hydroxyl groups is 1. The molecule has 36 heavy (non-hydrogen) atoms. The highest BCUT2D eigenvalue weighted by Crippen LogP contribution is 2.11. The Morgan fingerprint density at radius 2 is 1.03 bits per heavy atom. The van der Waals surface area contributed by atoms with Crippen LogP contribution in [0.15, 0.2) is 24.3 Å². The quantitative estimate of drug-likeness (QED) is 0.0721. The fourth-order valence-corrected chi connectivity index (χ4v) is 3.87. The molecule has 0 aromatic rings. The normalized spacial score (nSPS) is 12.4. The lowest BCUT2D eigenvalue weighted by Gasteiger charge is -2.15. The van der Waals surface area contributed by atoms with Crippen molar-refractivity contribution in [3.63, 3.8) is 0 Å². The van der Waals surface area contributed by atoms with Crippen LogP contribution in [0.2, 0.25) is 0 Å². The second-order valence-electron chi connectivity index (χ2n) is 9.82. The highest BCUT2D eigenvalue weighted by molar-refractivity contribution is 5.70. The molecule has 0 aromatic heterocycles. The van der Waals surface area contributed by atoms with E-state index < -0.39 is 6.10 Å². The van der Waals surface area contributed by atoms with Gasteiger partial charge in [-0.15, -0.1) is 0 Å². The lowest BCUT2D eigenvalue weighted by atomic mass is 10.1. The van der Waals surface area contributed by atoms with Crippen LogP contribution >= 0.6 is 0 Å². The maximum atomic E-state index is 12.0. The highest BCUT2D eigenvalue weighted by Gasteiger charge is 2.16. The van der Waals surface area contributed by atoms with E-state index in [2.05, 4.69) is 38.2 Å². The van der Waals surface area contributed by atoms with Crippen molar-refractivity contribution in [3.8, 4) is 0 Å². The van der Waals surface area contributed by atoms with Crippen LogP contribution in [0, 0.1) is 0 Å². The van der Waals surface area contributed by atoms with Gasteiger partial charge in [-0.1, -0.05) is 102 Å². The summed E-state index contributed by atoms with van der Waals surface area (Å²) in [6, 6.07) is 0. The number of esters is 2. The second-order valence-corrected chi connectivity index (χ2v) is 9.82. The van der Waals surface area contributed by atoms with Crippen LogP contribution in [-0.4, -0.2) is 36.4 Å². The van der Waals surface area contributed by atoms with E-state index in [1.54, 1.807) is 0 Å². The van der Waals surface area contributed by atoms with E-state index in [1.165, 1.54) is 64.2 Å². The summed E-state index contributed by atoms with van der Waals surface area (Å²) in [6.45, 7) is 4.01. The predicted octanol–water partition coefficient (Wildman–Crippen LogP) is 8.39. The van der Waals surface area contributed by atoms with Gasteiger partial charge in [-0.05, 0) is 51.4 Å². The second kappa shape index (κ2) is 28.0. The molecular weight excluding hydrogens is 452 g/mol. The average molecular weight is 509 g/mol. The Hall–Kier alpha value is -1.62. The number of allylic oxidation sites excluding steroid dienone is 4. The van der Waals surface area contributed by atoms with Gasteiger partial charge in [-0.2, -0.15) is 0 Å². The lowest BCUT2D eigenvalue weighted by molar-refractivity contribution is -0.161. The van der Waals surface area contributed by atoms with E-state index in [9.17, 15) is 14.7 Å². The number of carbonyl (C=O) groups is 2. The summed E-state index contributed by atoms with van der Waals surface area (Å²) in [5, 5.41) is 9.45. The van der Waals surface area contributed by atoms with Crippen molar-refractivity contribution >= 4 is 11.9 Å². The first-order valence-electron chi connectivity index (χ1n) is 14.9. The highest BCUT2D eigenvalue weighted by atomic mass is 16.6. The molecule has 1 atom stereocenters. The Balaban J connectivity index is 3.64. The molecule has 0 heterocycles. The van der Waals surface area contributed by atoms with Crippen LogP contribution in [-0.2, 0) is 19.1 Å². The molecule has 0 radical (unpaired) electrons. The minimum Gasteiger partial charge on any atom is -0.462 e. The minimum atomic E-state index is -0.772. The maximum Gasteiger partial charge on any atom is 0.306 e. The molecule has 0 unspecified atom stereocenters. The van der Waals surface area contributed by atoms with Crippen molar-refractivity contribution in [1.82, 2.24) is 0 Å². The number of aliphatic hydroxyl groups excluding tert-OH is 1. The lowest BCUT2D eigenvalue weighted by Crippen LogP contribution is -2.28. The summed E-state index contributed by atoms with van der Waals surface area (Å²) in [6.07, 6.45) is 29.4. The van der Waals surface area contributed by atoms with Crippen LogP contribution in [0.25, 0.3) is 0 Å². The first kappa shape index (κ1) is 34.4. The maximum absolute atomic E-state index is 12.0. The molecule has 1 N–H and O–H groups in total. The number of hydrogen-bond donors (Lipinski definition) is 1. The van der Waals surface area contributed by atoms with Crippen molar-refractivity contribution < 1.29 is 24.2 Å². The molecule has 0 aliphatic heterocycles. The summed E-state index contributed by atoms with van der Waals surface area (Å²) in [7, 11) is 0. The van der Waals surface area contributed by atoms with Crippen molar-refractivity contribution in [2.24, 2.45) is 0 Å². The number of ether oxygens (including phenoxy) is 2. The number of rotatable bonds is 26. The first-order valence-corrected chi connectivity index (χ1v) is 14.9. The summed E-state index contributed by atoms with van der Waals surface area (Å²) in [5.74, 6) is -0.618. The van der Waals surface area contributed by atoms with Crippen LogP contribution in [0.5, 0.6) is 0 Å². The summed E-state index contributed by atoms with van der Waals surface area (Å²) in [4.78, 5) is 24.0. The van der Waals surface area contributed by atoms with Crippen molar-refractivity contribution in [1.29, 1.82) is 0 Å². The summed E-state index contributed by atoms with van der Waals surface area (Å²) < 4.78 is 10.5. The Morgan fingerprint density at radius 1 is 0.611 bits per heavy atom. The van der Waals surface area contributed by atoms with Gasteiger partial charge < -0.3 is 14.6 Å². The number of unbranched alkanes of at least 4 members (excludes halogenated alkanes) is 14. The van der Waals surface area contributed by atoms with Gasteiger partial charge in [0.15, 0.2) is 6.10 Å². The topological polar surface area (TPSA) is 72.8 Å².